The summed E-state index contributed by atoms with van der Waals surface area (Å²) in [6.07, 6.45) is 1.03. The van der Waals surface area contributed by atoms with Crippen LogP contribution in [0.3, 0.4) is 0 Å². The van der Waals surface area contributed by atoms with Crippen molar-refractivity contribution < 1.29 is 4.39 Å². The molecule has 0 spiro atoms. The fourth-order valence-corrected chi connectivity index (χ4v) is 4.37. The van der Waals surface area contributed by atoms with Gasteiger partial charge >= 0.3 is 0 Å². The van der Waals surface area contributed by atoms with Gasteiger partial charge in [0, 0.05) is 16.5 Å². The minimum atomic E-state index is -0.191. The quantitative estimate of drug-likeness (QED) is 0.679. The fraction of sp³-hybridized carbons (Fsp3) is 0.294. The zero-order valence-electron chi connectivity index (χ0n) is 11.1. The molecule has 0 aromatic heterocycles. The van der Waals surface area contributed by atoms with Crippen LogP contribution in [-0.2, 0) is 0 Å². The van der Waals surface area contributed by atoms with Gasteiger partial charge in [-0.15, -0.1) is 23.4 Å². The summed E-state index contributed by atoms with van der Waals surface area (Å²) in [5.74, 6) is 2.34. The maximum Gasteiger partial charge on any atom is 0.123 e. The Hall–Kier alpha value is -0.990. The zero-order chi connectivity index (χ0) is 13.9. The Morgan fingerprint density at radius 2 is 1.90 bits per heavy atom. The molecule has 2 unspecified atom stereocenters. The number of fused-ring (bicyclic) bond motifs is 1. The highest BCUT2D eigenvalue weighted by molar-refractivity contribution is 7.99. The Morgan fingerprint density at radius 3 is 2.65 bits per heavy atom. The summed E-state index contributed by atoms with van der Waals surface area (Å²) in [6.45, 7) is 0. The predicted octanol–water partition coefficient (Wildman–Crippen LogP) is 5.43. The lowest BCUT2D eigenvalue weighted by molar-refractivity contribution is 0.598. The molecule has 3 rings (SSSR count). The van der Waals surface area contributed by atoms with Crippen molar-refractivity contribution in [3.63, 3.8) is 0 Å². The Labute approximate surface area is 128 Å². The second-order valence-corrected chi connectivity index (χ2v) is 6.55. The summed E-state index contributed by atoms with van der Waals surface area (Å²) in [5.41, 5.74) is 2.57. The van der Waals surface area contributed by atoms with E-state index < -0.39 is 0 Å². The molecule has 1 aliphatic heterocycles. The number of thioether (sulfide) groups is 1. The van der Waals surface area contributed by atoms with E-state index in [9.17, 15) is 4.39 Å². The number of benzene rings is 2. The largest absolute Gasteiger partial charge is 0.207 e. The molecule has 0 saturated carbocycles. The van der Waals surface area contributed by atoms with E-state index in [1.54, 1.807) is 0 Å². The lowest BCUT2D eigenvalue weighted by Crippen LogP contribution is -2.08. The molecule has 3 heteroatoms. The van der Waals surface area contributed by atoms with Gasteiger partial charge < -0.3 is 0 Å². The van der Waals surface area contributed by atoms with Gasteiger partial charge in [0.25, 0.3) is 0 Å². The fourth-order valence-electron chi connectivity index (χ4n) is 2.79. The van der Waals surface area contributed by atoms with Crippen LogP contribution < -0.4 is 0 Å². The van der Waals surface area contributed by atoms with Crippen LogP contribution in [0.25, 0.3) is 0 Å². The summed E-state index contributed by atoms with van der Waals surface area (Å²) in [5, 5.41) is 0. The van der Waals surface area contributed by atoms with Crippen molar-refractivity contribution in [2.45, 2.75) is 23.2 Å². The van der Waals surface area contributed by atoms with Gasteiger partial charge in [0.05, 0.1) is 0 Å². The molecule has 20 heavy (non-hydrogen) atoms. The molecule has 0 nitrogen and oxygen atoms in total. The average molecular weight is 307 g/mol. The molecule has 104 valence electrons. The minimum Gasteiger partial charge on any atom is -0.207 e. The minimum absolute atomic E-state index is 0.191. The topological polar surface area (TPSA) is 0 Å². The van der Waals surface area contributed by atoms with Crippen LogP contribution in [-0.4, -0.2) is 11.6 Å². The number of hydrogen-bond donors (Lipinski definition) is 0. The lowest BCUT2D eigenvalue weighted by atomic mass is 9.87. The monoisotopic (exact) mass is 306 g/mol. The van der Waals surface area contributed by atoms with Crippen molar-refractivity contribution in [1.29, 1.82) is 0 Å². The second-order valence-electron chi connectivity index (χ2n) is 5.18. The third-order valence-corrected chi connectivity index (χ3v) is 5.52. The molecule has 2 aromatic carbocycles. The Bertz CT molecular complexity index is 582. The molecular formula is C17H16ClFS. The van der Waals surface area contributed by atoms with E-state index in [0.29, 0.717) is 11.8 Å². The average Bonchev–Trinajstić information content (AvgIpc) is 2.89. The van der Waals surface area contributed by atoms with Gasteiger partial charge in [0.2, 0.25) is 0 Å². The maximum atomic E-state index is 13.0. The highest BCUT2D eigenvalue weighted by Gasteiger charge is 2.26. The van der Waals surface area contributed by atoms with E-state index >= 15 is 0 Å². The van der Waals surface area contributed by atoms with Gasteiger partial charge in [0.15, 0.2) is 0 Å². The van der Waals surface area contributed by atoms with Gasteiger partial charge in [0.1, 0.15) is 5.82 Å². The van der Waals surface area contributed by atoms with Gasteiger partial charge in [-0.1, -0.05) is 30.3 Å². The van der Waals surface area contributed by atoms with Gasteiger partial charge in [-0.05, 0) is 47.6 Å². The van der Waals surface area contributed by atoms with Gasteiger partial charge in [-0.2, -0.15) is 0 Å². The third kappa shape index (κ3) is 2.87. The van der Waals surface area contributed by atoms with E-state index in [-0.39, 0.29) is 11.7 Å². The van der Waals surface area contributed by atoms with Crippen LogP contribution in [0.1, 0.15) is 29.4 Å². The first kappa shape index (κ1) is 14.0. The maximum absolute atomic E-state index is 13.0. The molecular weight excluding hydrogens is 291 g/mol. The van der Waals surface area contributed by atoms with Crippen LogP contribution >= 0.6 is 23.4 Å². The zero-order valence-corrected chi connectivity index (χ0v) is 12.6. The van der Waals surface area contributed by atoms with E-state index in [1.807, 2.05) is 23.9 Å². The number of hydrogen-bond acceptors (Lipinski definition) is 1. The number of halogens is 2. The molecule has 1 heterocycles. The van der Waals surface area contributed by atoms with E-state index in [2.05, 4.69) is 24.3 Å². The molecule has 0 fully saturated rings. The highest BCUT2D eigenvalue weighted by Crippen LogP contribution is 2.44. The van der Waals surface area contributed by atoms with Crippen molar-refractivity contribution in [3.8, 4) is 0 Å². The Morgan fingerprint density at radius 1 is 1.15 bits per heavy atom. The summed E-state index contributed by atoms with van der Waals surface area (Å²) in [7, 11) is 0. The number of alkyl halides is 1. The normalized spacial score (nSPS) is 18.8. The molecule has 2 aromatic rings. The second kappa shape index (κ2) is 6.19. The molecule has 0 aliphatic carbocycles. The predicted molar refractivity (Wildman–Crippen MR) is 84.4 cm³/mol. The number of rotatable bonds is 4. The molecule has 1 aliphatic rings. The first-order valence-electron chi connectivity index (χ1n) is 6.81. The van der Waals surface area contributed by atoms with Crippen LogP contribution in [0.15, 0.2) is 53.4 Å². The smallest absolute Gasteiger partial charge is 0.123 e. The van der Waals surface area contributed by atoms with Crippen molar-refractivity contribution >= 4 is 23.4 Å². The summed E-state index contributed by atoms with van der Waals surface area (Å²) in [6, 6.07) is 15.4. The van der Waals surface area contributed by atoms with Crippen LogP contribution in [0, 0.1) is 5.82 Å². The third-order valence-electron chi connectivity index (χ3n) is 3.90. The van der Waals surface area contributed by atoms with E-state index in [0.717, 1.165) is 17.7 Å². The van der Waals surface area contributed by atoms with Crippen molar-refractivity contribution in [1.82, 2.24) is 0 Å². The van der Waals surface area contributed by atoms with Crippen LogP contribution in [0.5, 0.6) is 0 Å². The molecule has 0 N–H and O–H groups in total. The van der Waals surface area contributed by atoms with Crippen LogP contribution in [0.2, 0.25) is 0 Å². The van der Waals surface area contributed by atoms with E-state index in [4.69, 9.17) is 11.6 Å². The molecule has 0 bridgehead atoms. The Balaban J connectivity index is 1.78. The summed E-state index contributed by atoms with van der Waals surface area (Å²) in [4.78, 5) is 1.39. The van der Waals surface area contributed by atoms with Gasteiger partial charge in [-0.25, -0.2) is 4.39 Å². The lowest BCUT2D eigenvalue weighted by Gasteiger charge is -2.19. The van der Waals surface area contributed by atoms with Crippen molar-refractivity contribution in [2.75, 3.05) is 11.6 Å². The Kier molecular flexibility index (Phi) is 4.32. The molecule has 0 amide bonds. The first-order chi connectivity index (χ1) is 9.78. The first-order valence-corrected chi connectivity index (χ1v) is 8.33. The standard InChI is InChI=1S/C17H16ClFS/c18-10-13(12-5-7-15(19)8-6-12)9-14-11-20-17-4-2-1-3-16(14)17/h1-8,13-14H,9-11H2. The molecule has 0 radical (unpaired) electrons. The van der Waals surface area contributed by atoms with E-state index in [1.165, 1.54) is 22.6 Å². The molecule has 0 saturated heterocycles. The summed E-state index contributed by atoms with van der Waals surface area (Å²) < 4.78 is 13.0. The highest BCUT2D eigenvalue weighted by atomic mass is 35.5. The summed E-state index contributed by atoms with van der Waals surface area (Å²) >= 11 is 8.07. The van der Waals surface area contributed by atoms with Crippen molar-refractivity contribution in [3.05, 3.63) is 65.5 Å². The van der Waals surface area contributed by atoms with Crippen LogP contribution in [0.4, 0.5) is 4.39 Å². The molecule has 2 atom stereocenters. The van der Waals surface area contributed by atoms with Gasteiger partial charge in [-0.3, -0.25) is 0 Å². The SMILES string of the molecule is Fc1ccc(C(CCl)CC2CSc3ccccc32)cc1. The van der Waals surface area contributed by atoms with Crippen molar-refractivity contribution in [2.24, 2.45) is 0 Å².